The summed E-state index contributed by atoms with van der Waals surface area (Å²) in [6.07, 6.45) is 7.59. The third kappa shape index (κ3) is 14.0. The molecular formula is C11H26IN3O. The van der Waals surface area contributed by atoms with E-state index in [9.17, 15) is 0 Å². The Morgan fingerprint density at radius 1 is 1.19 bits per heavy atom. The zero-order chi connectivity index (χ0) is 11.4. The van der Waals surface area contributed by atoms with Crippen molar-refractivity contribution < 1.29 is 5.11 Å². The second kappa shape index (κ2) is 15.0. The molecule has 0 rings (SSSR count). The van der Waals surface area contributed by atoms with E-state index in [0.717, 1.165) is 13.0 Å². The number of unbranched alkanes of at least 4 members (excludes halogenated alkanes) is 5. The summed E-state index contributed by atoms with van der Waals surface area (Å²) < 4.78 is 0. The molecule has 0 aliphatic heterocycles. The van der Waals surface area contributed by atoms with Crippen LogP contribution in [0.5, 0.6) is 0 Å². The highest BCUT2D eigenvalue weighted by Gasteiger charge is 1.91. The minimum Gasteiger partial charge on any atom is -0.395 e. The monoisotopic (exact) mass is 343 g/mol. The normalized spacial score (nSPS) is 11.0. The van der Waals surface area contributed by atoms with Crippen molar-refractivity contribution in [1.29, 1.82) is 0 Å². The van der Waals surface area contributed by atoms with E-state index in [-0.39, 0.29) is 30.6 Å². The lowest BCUT2D eigenvalue weighted by molar-refractivity contribution is 0.300. The van der Waals surface area contributed by atoms with E-state index in [0.29, 0.717) is 12.5 Å². The number of hydrogen-bond donors (Lipinski definition) is 3. The van der Waals surface area contributed by atoms with Crippen molar-refractivity contribution >= 4 is 29.9 Å². The minimum atomic E-state index is 0. The van der Waals surface area contributed by atoms with Crippen molar-refractivity contribution in [3.05, 3.63) is 0 Å². The fourth-order valence-corrected chi connectivity index (χ4v) is 1.33. The van der Waals surface area contributed by atoms with Crippen molar-refractivity contribution in [3.8, 4) is 0 Å². The maximum absolute atomic E-state index is 8.53. The van der Waals surface area contributed by atoms with Crippen LogP contribution >= 0.6 is 24.0 Å². The second-order valence-electron chi connectivity index (χ2n) is 3.69. The van der Waals surface area contributed by atoms with Crippen molar-refractivity contribution in [2.24, 2.45) is 10.7 Å². The van der Waals surface area contributed by atoms with Gasteiger partial charge in [-0.3, -0.25) is 4.99 Å². The SMILES string of the molecule is CCCCCCCCN=C(N)NCCO.I. The summed E-state index contributed by atoms with van der Waals surface area (Å²) >= 11 is 0. The predicted octanol–water partition coefficient (Wildman–Crippen LogP) is 1.86. The fourth-order valence-electron chi connectivity index (χ4n) is 1.33. The van der Waals surface area contributed by atoms with Gasteiger partial charge in [-0.25, -0.2) is 0 Å². The largest absolute Gasteiger partial charge is 0.395 e. The summed E-state index contributed by atoms with van der Waals surface area (Å²) in [5, 5.41) is 11.4. The lowest BCUT2D eigenvalue weighted by Crippen LogP contribution is -2.33. The molecule has 0 fully saturated rings. The Morgan fingerprint density at radius 3 is 2.44 bits per heavy atom. The summed E-state index contributed by atoms with van der Waals surface area (Å²) in [5.74, 6) is 0.442. The molecule has 0 atom stereocenters. The van der Waals surface area contributed by atoms with E-state index in [1.807, 2.05) is 0 Å². The number of nitrogens with one attached hydrogen (secondary N) is 1. The topological polar surface area (TPSA) is 70.6 Å². The number of aliphatic hydroxyl groups excluding tert-OH is 1. The van der Waals surface area contributed by atoms with Gasteiger partial charge in [-0.2, -0.15) is 0 Å². The molecular weight excluding hydrogens is 317 g/mol. The van der Waals surface area contributed by atoms with Gasteiger partial charge in [0.1, 0.15) is 0 Å². The van der Waals surface area contributed by atoms with Crippen molar-refractivity contribution in [1.82, 2.24) is 5.32 Å². The molecule has 4 N–H and O–H groups in total. The first-order valence-electron chi connectivity index (χ1n) is 5.96. The van der Waals surface area contributed by atoms with Gasteiger partial charge in [-0.15, -0.1) is 24.0 Å². The van der Waals surface area contributed by atoms with Gasteiger partial charge in [0.15, 0.2) is 5.96 Å². The number of nitrogens with zero attached hydrogens (tertiary/aromatic N) is 1. The van der Waals surface area contributed by atoms with Crippen LogP contribution in [0.3, 0.4) is 0 Å². The fraction of sp³-hybridized carbons (Fsp3) is 0.909. The van der Waals surface area contributed by atoms with Crippen molar-refractivity contribution in [2.45, 2.75) is 45.4 Å². The first-order chi connectivity index (χ1) is 7.31. The molecule has 0 saturated carbocycles. The van der Waals surface area contributed by atoms with E-state index in [4.69, 9.17) is 10.8 Å². The van der Waals surface area contributed by atoms with E-state index >= 15 is 0 Å². The van der Waals surface area contributed by atoms with Gasteiger partial charge in [0, 0.05) is 13.1 Å². The van der Waals surface area contributed by atoms with Crippen molar-refractivity contribution in [2.75, 3.05) is 19.7 Å². The van der Waals surface area contributed by atoms with E-state index in [1.165, 1.54) is 32.1 Å². The summed E-state index contributed by atoms with van der Waals surface area (Å²) in [4.78, 5) is 4.15. The van der Waals surface area contributed by atoms with Gasteiger partial charge in [-0.05, 0) is 6.42 Å². The third-order valence-electron chi connectivity index (χ3n) is 2.21. The maximum Gasteiger partial charge on any atom is 0.188 e. The van der Waals surface area contributed by atoms with Crippen LogP contribution in [-0.4, -0.2) is 30.8 Å². The van der Waals surface area contributed by atoms with Crippen LogP contribution in [0.15, 0.2) is 4.99 Å². The molecule has 0 aliphatic carbocycles. The molecule has 0 bridgehead atoms. The van der Waals surface area contributed by atoms with Crippen LogP contribution in [0.1, 0.15) is 45.4 Å². The number of hydrogen-bond acceptors (Lipinski definition) is 2. The third-order valence-corrected chi connectivity index (χ3v) is 2.21. The molecule has 0 unspecified atom stereocenters. The molecule has 0 amide bonds. The average molecular weight is 343 g/mol. The summed E-state index contributed by atoms with van der Waals surface area (Å²) in [6, 6.07) is 0. The van der Waals surface area contributed by atoms with Gasteiger partial charge in [0.25, 0.3) is 0 Å². The Kier molecular flexibility index (Phi) is 17.1. The number of rotatable bonds is 9. The van der Waals surface area contributed by atoms with Crippen LogP contribution in [0.25, 0.3) is 0 Å². The smallest absolute Gasteiger partial charge is 0.188 e. The molecule has 0 aromatic heterocycles. The molecule has 0 aromatic rings. The lowest BCUT2D eigenvalue weighted by Gasteiger charge is -2.02. The molecule has 0 spiro atoms. The highest BCUT2D eigenvalue weighted by atomic mass is 127. The van der Waals surface area contributed by atoms with E-state index in [1.54, 1.807) is 0 Å². The summed E-state index contributed by atoms with van der Waals surface area (Å²) in [7, 11) is 0. The highest BCUT2D eigenvalue weighted by molar-refractivity contribution is 14.0. The number of nitrogens with two attached hydrogens (primary N) is 1. The van der Waals surface area contributed by atoms with Gasteiger partial charge in [0.05, 0.1) is 6.61 Å². The summed E-state index contributed by atoms with van der Waals surface area (Å²) in [6.45, 7) is 3.58. The molecule has 98 valence electrons. The molecule has 0 aliphatic rings. The first-order valence-corrected chi connectivity index (χ1v) is 5.96. The molecule has 0 heterocycles. The Balaban J connectivity index is 0. The van der Waals surface area contributed by atoms with Crippen LogP contribution in [0, 0.1) is 0 Å². The van der Waals surface area contributed by atoms with Crippen LogP contribution in [0.4, 0.5) is 0 Å². The Morgan fingerprint density at radius 2 is 1.81 bits per heavy atom. The van der Waals surface area contributed by atoms with Crippen LogP contribution in [0.2, 0.25) is 0 Å². The molecule has 0 saturated heterocycles. The molecule has 0 radical (unpaired) electrons. The maximum atomic E-state index is 8.53. The lowest BCUT2D eigenvalue weighted by atomic mass is 10.1. The second-order valence-corrected chi connectivity index (χ2v) is 3.69. The number of aliphatic imine (C=N–C) groups is 1. The van der Waals surface area contributed by atoms with Gasteiger partial charge >= 0.3 is 0 Å². The highest BCUT2D eigenvalue weighted by Crippen LogP contribution is 2.04. The number of aliphatic hydroxyl groups is 1. The molecule has 0 aromatic carbocycles. The Hall–Kier alpha value is -0.0400. The van der Waals surface area contributed by atoms with E-state index in [2.05, 4.69) is 17.2 Å². The zero-order valence-corrected chi connectivity index (χ0v) is 12.6. The van der Waals surface area contributed by atoms with Crippen LogP contribution in [-0.2, 0) is 0 Å². The van der Waals surface area contributed by atoms with Gasteiger partial charge in [-0.1, -0.05) is 39.0 Å². The molecule has 5 heteroatoms. The number of halogens is 1. The average Bonchev–Trinajstić information content (AvgIpc) is 2.25. The Labute approximate surface area is 116 Å². The van der Waals surface area contributed by atoms with Gasteiger partial charge in [0.2, 0.25) is 0 Å². The molecule has 4 nitrogen and oxygen atoms in total. The first kappa shape index (κ1) is 18.3. The Bertz CT molecular complexity index is 165. The zero-order valence-electron chi connectivity index (χ0n) is 10.2. The quantitative estimate of drug-likeness (QED) is 0.259. The number of guanidine groups is 1. The minimum absolute atomic E-state index is 0. The van der Waals surface area contributed by atoms with Crippen LogP contribution < -0.4 is 11.1 Å². The van der Waals surface area contributed by atoms with Gasteiger partial charge < -0.3 is 16.2 Å². The predicted molar refractivity (Wildman–Crippen MR) is 80.4 cm³/mol. The molecule has 16 heavy (non-hydrogen) atoms. The summed E-state index contributed by atoms with van der Waals surface area (Å²) in [5.41, 5.74) is 5.55. The van der Waals surface area contributed by atoms with E-state index < -0.39 is 0 Å². The van der Waals surface area contributed by atoms with Crippen molar-refractivity contribution in [3.63, 3.8) is 0 Å². The standard InChI is InChI=1S/C11H25N3O.HI/c1-2-3-4-5-6-7-8-13-11(12)14-9-10-15;/h15H,2-10H2,1H3,(H3,12,13,14);1H.